The van der Waals surface area contributed by atoms with Gasteiger partial charge in [-0.15, -0.1) is 0 Å². The van der Waals surface area contributed by atoms with Crippen molar-refractivity contribution >= 4 is 0 Å². The topological polar surface area (TPSA) is 20.2 Å². The Morgan fingerprint density at radius 1 is 1.40 bits per heavy atom. The molecule has 0 bridgehead atoms. The molecule has 86 valence electrons. The molecule has 0 aromatic rings. The molecule has 0 heterocycles. The first-order valence-corrected chi connectivity index (χ1v) is 5.76. The molecule has 0 rings (SSSR count). The number of hydrogen-bond acceptors (Lipinski definition) is 1. The number of rotatable bonds is 6. The quantitative estimate of drug-likeness (QED) is 0.498. The highest BCUT2D eigenvalue weighted by molar-refractivity contribution is 5.30. The fraction of sp³-hybridized carbons (Fsp3) is 0.571. The van der Waals surface area contributed by atoms with Crippen molar-refractivity contribution in [3.05, 3.63) is 36.1 Å². The lowest BCUT2D eigenvalue weighted by atomic mass is 9.83. The third kappa shape index (κ3) is 4.37. The van der Waals surface area contributed by atoms with E-state index < -0.39 is 0 Å². The Morgan fingerprint density at radius 3 is 2.33 bits per heavy atom. The highest BCUT2D eigenvalue weighted by atomic mass is 16.3. The zero-order chi connectivity index (χ0) is 11.8. The maximum absolute atomic E-state index is 9.81. The third-order valence-corrected chi connectivity index (χ3v) is 2.64. The van der Waals surface area contributed by atoms with Crippen LogP contribution in [0.3, 0.4) is 0 Å². The van der Waals surface area contributed by atoms with Gasteiger partial charge < -0.3 is 5.11 Å². The molecule has 0 amide bonds. The Labute approximate surface area is 94.2 Å². The van der Waals surface area contributed by atoms with E-state index in [2.05, 4.69) is 27.4 Å². The van der Waals surface area contributed by atoms with Crippen molar-refractivity contribution in [2.75, 3.05) is 0 Å². The monoisotopic (exact) mass is 208 g/mol. The molecule has 15 heavy (non-hydrogen) atoms. The molecule has 0 saturated heterocycles. The van der Waals surface area contributed by atoms with Gasteiger partial charge in [0, 0.05) is 0 Å². The molecule has 1 unspecified atom stereocenters. The average Bonchev–Trinajstić information content (AvgIpc) is 2.21. The van der Waals surface area contributed by atoms with Crippen LogP contribution in [0.15, 0.2) is 36.1 Å². The third-order valence-electron chi connectivity index (χ3n) is 2.64. The molecule has 1 nitrogen and oxygen atoms in total. The summed E-state index contributed by atoms with van der Waals surface area (Å²) in [5.41, 5.74) is 1.02. The zero-order valence-corrected chi connectivity index (χ0v) is 10.5. The van der Waals surface area contributed by atoms with Crippen molar-refractivity contribution in [2.45, 2.75) is 40.5 Å². The van der Waals surface area contributed by atoms with Gasteiger partial charge in [0.25, 0.3) is 0 Å². The van der Waals surface area contributed by atoms with Crippen molar-refractivity contribution in [1.82, 2.24) is 0 Å². The molecule has 0 aliphatic heterocycles. The molecule has 0 aromatic heterocycles. The normalized spacial score (nSPS) is 15.5. The van der Waals surface area contributed by atoms with Gasteiger partial charge in [0.15, 0.2) is 0 Å². The molecule has 0 aliphatic rings. The lowest BCUT2D eigenvalue weighted by Gasteiger charge is -2.22. The molecular weight excluding hydrogens is 184 g/mol. The number of hydrogen-bond donors (Lipinski definition) is 1. The van der Waals surface area contributed by atoms with Gasteiger partial charge in [0.1, 0.15) is 5.76 Å². The van der Waals surface area contributed by atoms with Crippen LogP contribution in [0.2, 0.25) is 0 Å². The fourth-order valence-electron chi connectivity index (χ4n) is 1.86. The first-order chi connectivity index (χ1) is 7.08. The molecule has 1 atom stereocenters. The van der Waals surface area contributed by atoms with E-state index in [1.807, 2.05) is 19.1 Å². The molecule has 1 heteroatoms. The van der Waals surface area contributed by atoms with Crippen LogP contribution in [0.4, 0.5) is 0 Å². The number of allylic oxidation sites excluding steroid dienone is 4. The summed E-state index contributed by atoms with van der Waals surface area (Å²) in [6.45, 7) is 12.2. The minimum absolute atomic E-state index is 0.320. The van der Waals surface area contributed by atoms with Crippen LogP contribution in [-0.4, -0.2) is 5.11 Å². The first kappa shape index (κ1) is 14.0. The molecular formula is C14H24O. The van der Waals surface area contributed by atoms with E-state index in [4.69, 9.17) is 0 Å². The van der Waals surface area contributed by atoms with Crippen LogP contribution in [0.1, 0.15) is 40.5 Å². The lowest BCUT2D eigenvalue weighted by Crippen LogP contribution is -2.12. The van der Waals surface area contributed by atoms with Crippen molar-refractivity contribution in [1.29, 1.82) is 0 Å². The van der Waals surface area contributed by atoms with Crippen molar-refractivity contribution in [3.8, 4) is 0 Å². The minimum atomic E-state index is 0.320. The van der Waals surface area contributed by atoms with Crippen molar-refractivity contribution in [3.63, 3.8) is 0 Å². The van der Waals surface area contributed by atoms with E-state index in [0.29, 0.717) is 17.6 Å². The first-order valence-electron chi connectivity index (χ1n) is 5.76. The van der Waals surface area contributed by atoms with Gasteiger partial charge in [-0.2, -0.15) is 0 Å². The second-order valence-electron chi connectivity index (χ2n) is 4.18. The lowest BCUT2D eigenvalue weighted by molar-refractivity contribution is 0.374. The van der Waals surface area contributed by atoms with Crippen LogP contribution in [0, 0.1) is 11.8 Å². The van der Waals surface area contributed by atoms with E-state index in [0.717, 1.165) is 18.4 Å². The summed E-state index contributed by atoms with van der Waals surface area (Å²) < 4.78 is 0. The Bertz CT molecular complexity index is 246. The van der Waals surface area contributed by atoms with Crippen LogP contribution < -0.4 is 0 Å². The molecule has 1 N–H and O–H groups in total. The Hall–Kier alpha value is -0.980. The maximum Gasteiger partial charge on any atom is 0.118 e. The second-order valence-corrected chi connectivity index (χ2v) is 4.18. The summed E-state index contributed by atoms with van der Waals surface area (Å²) >= 11 is 0. The SMILES string of the molecule is C=C/C(O)=C(\C=C/C)C(CCC)C(C)C. The molecule has 0 saturated carbocycles. The van der Waals surface area contributed by atoms with E-state index in [-0.39, 0.29) is 0 Å². The van der Waals surface area contributed by atoms with Gasteiger partial charge in [-0.25, -0.2) is 0 Å². The Balaban J connectivity index is 5.09. The second kappa shape index (κ2) is 7.33. The van der Waals surface area contributed by atoms with E-state index in [1.165, 1.54) is 6.08 Å². The summed E-state index contributed by atoms with van der Waals surface area (Å²) in [5, 5.41) is 9.81. The van der Waals surface area contributed by atoms with Gasteiger partial charge in [-0.05, 0) is 36.8 Å². The number of aliphatic hydroxyl groups is 1. The predicted octanol–water partition coefficient (Wildman–Crippen LogP) is 4.63. The summed E-state index contributed by atoms with van der Waals surface area (Å²) in [6, 6.07) is 0. The van der Waals surface area contributed by atoms with Gasteiger partial charge in [0.05, 0.1) is 0 Å². The smallest absolute Gasteiger partial charge is 0.118 e. The minimum Gasteiger partial charge on any atom is -0.508 e. The Kier molecular flexibility index (Phi) is 6.85. The van der Waals surface area contributed by atoms with Gasteiger partial charge >= 0.3 is 0 Å². The van der Waals surface area contributed by atoms with Crippen molar-refractivity contribution in [2.24, 2.45) is 11.8 Å². The molecule has 0 radical (unpaired) electrons. The fourth-order valence-corrected chi connectivity index (χ4v) is 1.86. The highest BCUT2D eigenvalue weighted by Crippen LogP contribution is 2.28. The van der Waals surface area contributed by atoms with Crippen LogP contribution in [0.25, 0.3) is 0 Å². The predicted molar refractivity (Wildman–Crippen MR) is 67.9 cm³/mol. The largest absolute Gasteiger partial charge is 0.508 e. The van der Waals surface area contributed by atoms with E-state index in [1.54, 1.807) is 0 Å². The van der Waals surface area contributed by atoms with Crippen molar-refractivity contribution < 1.29 is 5.11 Å². The van der Waals surface area contributed by atoms with Gasteiger partial charge in [-0.1, -0.05) is 45.9 Å². The number of aliphatic hydroxyl groups excluding tert-OH is 1. The molecule has 0 aliphatic carbocycles. The van der Waals surface area contributed by atoms with Crippen LogP contribution in [0.5, 0.6) is 0 Å². The van der Waals surface area contributed by atoms with Gasteiger partial charge in [-0.3, -0.25) is 0 Å². The van der Waals surface area contributed by atoms with E-state index >= 15 is 0 Å². The standard InChI is InChI=1S/C14H24O/c1-6-9-12(11(4)5)13(10-7-2)14(15)8-3/h7-8,10-12,15H,3,6,9H2,1-2,4-5H3/b10-7-,14-13-. The van der Waals surface area contributed by atoms with Gasteiger partial charge in [0.2, 0.25) is 0 Å². The van der Waals surface area contributed by atoms with Crippen LogP contribution >= 0.6 is 0 Å². The Morgan fingerprint density at radius 2 is 2.00 bits per heavy atom. The summed E-state index contributed by atoms with van der Waals surface area (Å²) in [4.78, 5) is 0. The zero-order valence-electron chi connectivity index (χ0n) is 10.5. The molecule has 0 aromatic carbocycles. The summed E-state index contributed by atoms with van der Waals surface area (Å²) in [7, 11) is 0. The summed E-state index contributed by atoms with van der Waals surface area (Å²) in [6.07, 6.45) is 7.74. The van der Waals surface area contributed by atoms with E-state index in [9.17, 15) is 5.11 Å². The molecule has 0 fully saturated rings. The molecule has 0 spiro atoms. The maximum atomic E-state index is 9.81. The highest BCUT2D eigenvalue weighted by Gasteiger charge is 2.18. The van der Waals surface area contributed by atoms with Crippen LogP contribution in [-0.2, 0) is 0 Å². The summed E-state index contributed by atoms with van der Waals surface area (Å²) in [5.74, 6) is 1.28. The average molecular weight is 208 g/mol.